The Morgan fingerprint density at radius 3 is 2.29 bits per heavy atom. The molecule has 0 radical (unpaired) electrons. The number of benzene rings is 1. The molecule has 4 heteroatoms. The van der Waals surface area contributed by atoms with E-state index in [1.54, 1.807) is 24.3 Å². The Bertz CT molecular complexity index is 1300. The fourth-order valence-corrected chi connectivity index (χ4v) is 12.9. The summed E-state index contributed by atoms with van der Waals surface area (Å²) in [7, 11) is 0. The van der Waals surface area contributed by atoms with Crippen molar-refractivity contribution >= 4 is 11.9 Å². The zero-order chi connectivity index (χ0) is 30.5. The van der Waals surface area contributed by atoms with E-state index in [-0.39, 0.29) is 22.4 Å². The number of nitrogens with zero attached hydrogens (tertiary/aromatic N) is 1. The first-order valence-electron chi connectivity index (χ1n) is 17.0. The molecule has 230 valence electrons. The summed E-state index contributed by atoms with van der Waals surface area (Å²) in [6.45, 7) is 22.6. The number of carbonyl (C=O) groups excluding carboxylic acids is 1. The number of carbonyl (C=O) groups is 2. The van der Waals surface area contributed by atoms with Crippen LogP contribution in [0, 0.1) is 51.2 Å². The summed E-state index contributed by atoms with van der Waals surface area (Å²) < 4.78 is 0. The molecule has 1 aromatic carbocycles. The van der Waals surface area contributed by atoms with Crippen LogP contribution in [0.1, 0.15) is 133 Å². The van der Waals surface area contributed by atoms with E-state index in [4.69, 9.17) is 0 Å². The maximum absolute atomic E-state index is 13.9. The number of hydrogen-bond acceptors (Lipinski definition) is 2. The minimum absolute atomic E-state index is 0.0237. The number of rotatable bonds is 4. The molecule has 42 heavy (non-hydrogen) atoms. The van der Waals surface area contributed by atoms with Crippen molar-refractivity contribution in [1.82, 2.24) is 4.90 Å². The maximum atomic E-state index is 13.9. The summed E-state index contributed by atoms with van der Waals surface area (Å²) in [6, 6.07) is 6.59. The zero-order valence-electron chi connectivity index (χ0n) is 27.4. The van der Waals surface area contributed by atoms with Crippen LogP contribution >= 0.6 is 0 Å². The number of fused-ring (bicyclic) bond motifs is 7. The smallest absolute Gasteiger partial charge is 0.335 e. The van der Waals surface area contributed by atoms with E-state index in [9.17, 15) is 14.7 Å². The first-order chi connectivity index (χ1) is 19.7. The van der Waals surface area contributed by atoms with E-state index in [2.05, 4.69) is 59.9 Å². The van der Waals surface area contributed by atoms with Gasteiger partial charge in [0.05, 0.1) is 5.56 Å². The van der Waals surface area contributed by atoms with Crippen molar-refractivity contribution in [3.8, 4) is 0 Å². The van der Waals surface area contributed by atoms with Gasteiger partial charge in [0.1, 0.15) is 0 Å². The molecule has 1 saturated heterocycles. The third-order valence-corrected chi connectivity index (χ3v) is 15.2. The quantitative estimate of drug-likeness (QED) is 0.365. The molecule has 9 atom stereocenters. The molecule has 5 fully saturated rings. The van der Waals surface area contributed by atoms with Crippen molar-refractivity contribution < 1.29 is 14.7 Å². The van der Waals surface area contributed by atoms with E-state index in [0.29, 0.717) is 39.6 Å². The van der Waals surface area contributed by atoms with Crippen LogP contribution in [0.15, 0.2) is 36.4 Å². The molecule has 1 heterocycles. The van der Waals surface area contributed by atoms with Gasteiger partial charge < -0.3 is 10.0 Å². The summed E-state index contributed by atoms with van der Waals surface area (Å²) in [5.74, 6) is 2.34. The molecule has 6 rings (SSSR count). The van der Waals surface area contributed by atoms with Gasteiger partial charge in [0.2, 0.25) is 0 Å². The van der Waals surface area contributed by atoms with Crippen LogP contribution in [0.2, 0.25) is 0 Å². The van der Waals surface area contributed by atoms with Gasteiger partial charge in [-0.05, 0) is 148 Å². The molecule has 1 unspecified atom stereocenters. The van der Waals surface area contributed by atoms with Gasteiger partial charge in [-0.25, -0.2) is 4.79 Å². The van der Waals surface area contributed by atoms with Gasteiger partial charge in [0.25, 0.3) is 5.91 Å². The van der Waals surface area contributed by atoms with Crippen molar-refractivity contribution in [1.29, 1.82) is 0 Å². The van der Waals surface area contributed by atoms with E-state index >= 15 is 0 Å². The van der Waals surface area contributed by atoms with Gasteiger partial charge in [-0.3, -0.25) is 4.79 Å². The Balaban J connectivity index is 1.32. The van der Waals surface area contributed by atoms with Crippen LogP contribution in [0.4, 0.5) is 0 Å². The average Bonchev–Trinajstić information content (AvgIpc) is 3.33. The molecule has 0 aromatic heterocycles. The monoisotopic (exact) mass is 573 g/mol. The molecule has 0 bridgehead atoms. The lowest BCUT2D eigenvalue weighted by atomic mass is 9.33. The lowest BCUT2D eigenvalue weighted by Crippen LogP contribution is -2.70. The molecule has 5 aliphatic rings. The molecule has 1 aromatic rings. The molecule has 1 amide bonds. The lowest BCUT2D eigenvalue weighted by molar-refractivity contribution is -0.238. The molecule has 4 aliphatic carbocycles. The average molecular weight is 574 g/mol. The van der Waals surface area contributed by atoms with Crippen molar-refractivity contribution in [2.45, 2.75) is 118 Å². The van der Waals surface area contributed by atoms with Gasteiger partial charge in [-0.1, -0.05) is 52.3 Å². The molecular weight excluding hydrogens is 518 g/mol. The number of piperidine rings is 1. The second kappa shape index (κ2) is 9.70. The summed E-state index contributed by atoms with van der Waals surface area (Å²) >= 11 is 0. The fourth-order valence-electron chi connectivity index (χ4n) is 12.9. The number of carboxylic acids is 1. The Morgan fingerprint density at radius 2 is 1.62 bits per heavy atom. The molecule has 4 saturated carbocycles. The van der Waals surface area contributed by atoms with Crippen LogP contribution < -0.4 is 0 Å². The van der Waals surface area contributed by atoms with Crippen molar-refractivity contribution in [2.75, 3.05) is 6.54 Å². The number of amides is 1. The highest BCUT2D eigenvalue weighted by Crippen LogP contribution is 2.77. The standard InChI is InChI=1S/C38H55NO3/c1-9-38-18-15-27(24(2)3)31(38)28-13-14-30-35(6)21-22-39(32(40)25-11-10-12-26(23-25)33(41)42)34(4,5)29(35)16-17-37(30,8)36(28,7)19-20-38/h10-12,23,27-31H,2,9,13-22H2,1,3-8H3,(H,41,42)/t27-,28+,29?,30+,31+,35-,36+,37+,38+/m0/s1. The SMILES string of the molecule is C=C(C)[C@@H]1CC[C@]2(CC)CC[C@]3(C)[C@H](CC[C@@H]4[C@@]5(C)CCN(C(=O)c6cccc(C(=O)O)c6)C(C)(C)C5CC[C@]43C)[C@@H]12. The van der Waals surface area contributed by atoms with Crippen LogP contribution in [-0.2, 0) is 0 Å². The number of hydrogen-bond donors (Lipinski definition) is 1. The van der Waals surface area contributed by atoms with Crippen molar-refractivity contribution in [3.05, 3.63) is 47.5 Å². The highest BCUT2D eigenvalue weighted by Gasteiger charge is 2.70. The second-order valence-corrected chi connectivity index (χ2v) is 16.6. The van der Waals surface area contributed by atoms with Gasteiger partial charge in [0, 0.05) is 17.6 Å². The summed E-state index contributed by atoms with van der Waals surface area (Å²) in [6.07, 6.45) is 12.9. The lowest BCUT2D eigenvalue weighted by Gasteiger charge is -2.73. The van der Waals surface area contributed by atoms with Crippen LogP contribution in [0.25, 0.3) is 0 Å². The second-order valence-electron chi connectivity index (χ2n) is 16.6. The number of likely N-dealkylation sites (tertiary alicyclic amines) is 1. The summed E-state index contributed by atoms with van der Waals surface area (Å²) in [5.41, 5.74) is 3.16. The van der Waals surface area contributed by atoms with Gasteiger partial charge in [0.15, 0.2) is 0 Å². The largest absolute Gasteiger partial charge is 0.478 e. The van der Waals surface area contributed by atoms with Crippen molar-refractivity contribution in [2.24, 2.45) is 51.2 Å². The van der Waals surface area contributed by atoms with E-state index in [0.717, 1.165) is 31.2 Å². The third kappa shape index (κ3) is 3.84. The minimum Gasteiger partial charge on any atom is -0.478 e. The van der Waals surface area contributed by atoms with E-state index in [1.807, 2.05) is 0 Å². The number of allylic oxidation sites excluding steroid dienone is 1. The van der Waals surface area contributed by atoms with E-state index in [1.165, 1.54) is 56.9 Å². The van der Waals surface area contributed by atoms with Gasteiger partial charge >= 0.3 is 5.97 Å². The van der Waals surface area contributed by atoms with Crippen molar-refractivity contribution in [3.63, 3.8) is 0 Å². The van der Waals surface area contributed by atoms with Gasteiger partial charge in [-0.2, -0.15) is 0 Å². The predicted molar refractivity (Wildman–Crippen MR) is 169 cm³/mol. The fraction of sp³-hybridized carbons (Fsp3) is 0.737. The normalized spacial score (nSPS) is 43.9. The van der Waals surface area contributed by atoms with Crippen LogP contribution in [0.5, 0.6) is 0 Å². The topological polar surface area (TPSA) is 57.6 Å². The minimum atomic E-state index is -0.989. The zero-order valence-corrected chi connectivity index (χ0v) is 27.4. The Hall–Kier alpha value is -2.10. The maximum Gasteiger partial charge on any atom is 0.335 e. The molecule has 1 N–H and O–H groups in total. The Morgan fingerprint density at radius 1 is 0.905 bits per heavy atom. The van der Waals surface area contributed by atoms with Gasteiger partial charge in [-0.15, -0.1) is 0 Å². The highest BCUT2D eigenvalue weighted by molar-refractivity contribution is 5.98. The number of carboxylic acid groups (broad SMARTS) is 1. The number of aromatic carboxylic acids is 1. The summed E-state index contributed by atoms with van der Waals surface area (Å²) in [5, 5.41) is 9.52. The summed E-state index contributed by atoms with van der Waals surface area (Å²) in [4.78, 5) is 27.6. The Labute approximate surface area is 254 Å². The van der Waals surface area contributed by atoms with Crippen LogP contribution in [-0.4, -0.2) is 34.0 Å². The molecule has 0 spiro atoms. The molecule has 1 aliphatic heterocycles. The predicted octanol–water partition coefficient (Wildman–Crippen LogP) is 9.26. The molecular formula is C38H55NO3. The van der Waals surface area contributed by atoms with Crippen LogP contribution in [0.3, 0.4) is 0 Å². The first-order valence-corrected chi connectivity index (χ1v) is 17.0. The first kappa shape index (κ1) is 29.9. The highest BCUT2D eigenvalue weighted by atomic mass is 16.4. The van der Waals surface area contributed by atoms with E-state index < -0.39 is 5.97 Å². The third-order valence-electron chi connectivity index (χ3n) is 15.2. The molecule has 4 nitrogen and oxygen atoms in total. The Kier molecular flexibility index (Phi) is 6.92.